The van der Waals surface area contributed by atoms with E-state index < -0.39 is 25.1 Å². The predicted octanol–water partition coefficient (Wildman–Crippen LogP) is 3.09. The first-order valence-corrected chi connectivity index (χ1v) is 4.10. The molecule has 1 atom stereocenters. The van der Waals surface area contributed by atoms with Crippen molar-refractivity contribution in [1.29, 1.82) is 0 Å². The first-order valence-electron chi connectivity index (χ1n) is 4.10. The van der Waals surface area contributed by atoms with Gasteiger partial charge in [-0.25, -0.2) is 4.39 Å². The molecule has 0 heterocycles. The van der Waals surface area contributed by atoms with Gasteiger partial charge in [0.05, 0.1) is 6.61 Å². The minimum atomic E-state index is -4.37. The van der Waals surface area contributed by atoms with Crippen LogP contribution in [0.25, 0.3) is 0 Å². The van der Waals surface area contributed by atoms with Crippen LogP contribution in [-0.2, 0) is 4.74 Å². The third-order valence-corrected chi connectivity index (χ3v) is 1.44. The van der Waals surface area contributed by atoms with E-state index in [-0.39, 0.29) is 6.42 Å². The van der Waals surface area contributed by atoms with E-state index in [0.717, 1.165) is 0 Å². The van der Waals surface area contributed by atoms with Crippen LogP contribution in [0.1, 0.15) is 26.7 Å². The summed E-state index contributed by atoms with van der Waals surface area (Å²) in [6, 6.07) is 0. The van der Waals surface area contributed by atoms with Crippen LogP contribution in [-0.4, -0.2) is 25.1 Å². The molecule has 0 amide bonds. The summed E-state index contributed by atoms with van der Waals surface area (Å²) in [7, 11) is 0. The van der Waals surface area contributed by atoms with E-state index in [9.17, 15) is 17.6 Å². The number of alkyl halides is 4. The molecule has 0 fully saturated rings. The third kappa shape index (κ3) is 8.02. The Kier molecular flexibility index (Phi) is 4.67. The Balaban J connectivity index is 3.63. The van der Waals surface area contributed by atoms with E-state index in [1.807, 2.05) is 0 Å². The number of halogens is 4. The van der Waals surface area contributed by atoms with Gasteiger partial charge in [-0.1, -0.05) is 13.3 Å². The van der Waals surface area contributed by atoms with Gasteiger partial charge < -0.3 is 4.74 Å². The fraction of sp³-hybridized carbons (Fsp3) is 1.00. The molecule has 0 N–H and O–H groups in total. The van der Waals surface area contributed by atoms with E-state index >= 15 is 0 Å². The second kappa shape index (κ2) is 4.79. The highest BCUT2D eigenvalue weighted by Gasteiger charge is 2.30. The van der Waals surface area contributed by atoms with Crippen molar-refractivity contribution in [3.8, 4) is 0 Å². The standard InChI is InChI=1S/C8H14F4O/c1-3-4-7(2,9)5-13-6-8(10,11)12/h3-6H2,1-2H3. The molecule has 1 nitrogen and oxygen atoms in total. The van der Waals surface area contributed by atoms with Crippen LogP contribution in [0.15, 0.2) is 0 Å². The molecule has 0 bridgehead atoms. The molecular formula is C8H14F4O. The van der Waals surface area contributed by atoms with Gasteiger partial charge in [0.2, 0.25) is 0 Å². The first-order chi connectivity index (χ1) is 5.77. The van der Waals surface area contributed by atoms with Gasteiger partial charge in [-0.05, 0) is 13.3 Å². The first kappa shape index (κ1) is 12.7. The van der Waals surface area contributed by atoms with Gasteiger partial charge in [0, 0.05) is 0 Å². The lowest BCUT2D eigenvalue weighted by atomic mass is 10.0. The van der Waals surface area contributed by atoms with Crippen molar-refractivity contribution in [1.82, 2.24) is 0 Å². The largest absolute Gasteiger partial charge is 0.411 e. The van der Waals surface area contributed by atoms with Crippen molar-refractivity contribution in [2.75, 3.05) is 13.2 Å². The molecule has 0 aliphatic rings. The molecule has 13 heavy (non-hydrogen) atoms. The maximum atomic E-state index is 13.2. The molecule has 0 aromatic heterocycles. The van der Waals surface area contributed by atoms with Gasteiger partial charge in [-0.15, -0.1) is 0 Å². The summed E-state index contributed by atoms with van der Waals surface area (Å²) >= 11 is 0. The number of ether oxygens (including phenoxy) is 1. The van der Waals surface area contributed by atoms with Gasteiger partial charge in [0.1, 0.15) is 12.3 Å². The maximum absolute atomic E-state index is 13.2. The summed E-state index contributed by atoms with van der Waals surface area (Å²) in [6.07, 6.45) is -3.57. The zero-order valence-corrected chi connectivity index (χ0v) is 7.75. The van der Waals surface area contributed by atoms with Crippen LogP contribution in [0.3, 0.4) is 0 Å². The topological polar surface area (TPSA) is 9.23 Å². The quantitative estimate of drug-likeness (QED) is 0.622. The summed E-state index contributed by atoms with van der Waals surface area (Å²) in [4.78, 5) is 0. The van der Waals surface area contributed by atoms with Crippen molar-refractivity contribution in [3.63, 3.8) is 0 Å². The molecule has 0 aromatic rings. The van der Waals surface area contributed by atoms with Crippen LogP contribution < -0.4 is 0 Å². The zero-order chi connectivity index (χ0) is 10.5. The summed E-state index contributed by atoms with van der Waals surface area (Å²) in [6.45, 7) is 1.13. The molecule has 0 radical (unpaired) electrons. The second-order valence-electron chi connectivity index (χ2n) is 3.27. The average Bonchev–Trinajstić information content (AvgIpc) is 1.82. The van der Waals surface area contributed by atoms with Crippen molar-refractivity contribution < 1.29 is 22.3 Å². The lowest BCUT2D eigenvalue weighted by Gasteiger charge is -2.19. The van der Waals surface area contributed by atoms with Gasteiger partial charge in [-0.3, -0.25) is 0 Å². The fourth-order valence-electron chi connectivity index (χ4n) is 0.973. The zero-order valence-electron chi connectivity index (χ0n) is 7.75. The summed E-state index contributed by atoms with van der Waals surface area (Å²) in [5.74, 6) is 0. The minimum Gasteiger partial charge on any atom is -0.369 e. The monoisotopic (exact) mass is 202 g/mol. The van der Waals surface area contributed by atoms with Crippen LogP contribution in [0.2, 0.25) is 0 Å². The van der Waals surface area contributed by atoms with Crippen molar-refractivity contribution in [2.45, 2.75) is 38.5 Å². The van der Waals surface area contributed by atoms with Crippen LogP contribution in [0.5, 0.6) is 0 Å². The summed E-state index contributed by atoms with van der Waals surface area (Å²) in [5.41, 5.74) is -1.65. The van der Waals surface area contributed by atoms with Gasteiger partial charge in [-0.2, -0.15) is 13.2 Å². The SMILES string of the molecule is CCCC(C)(F)COCC(F)(F)F. The van der Waals surface area contributed by atoms with Gasteiger partial charge in [0.25, 0.3) is 0 Å². The summed E-state index contributed by atoms with van der Waals surface area (Å²) in [5, 5.41) is 0. The lowest BCUT2D eigenvalue weighted by Crippen LogP contribution is -2.28. The maximum Gasteiger partial charge on any atom is 0.411 e. The van der Waals surface area contributed by atoms with Crippen LogP contribution in [0, 0.1) is 0 Å². The summed E-state index contributed by atoms with van der Waals surface area (Å²) < 4.78 is 52.1. The smallest absolute Gasteiger partial charge is 0.369 e. The predicted molar refractivity (Wildman–Crippen MR) is 41.3 cm³/mol. The van der Waals surface area contributed by atoms with E-state index in [1.165, 1.54) is 6.92 Å². The number of rotatable bonds is 5. The molecule has 80 valence electrons. The molecule has 0 spiro atoms. The molecule has 0 aromatic carbocycles. The van der Waals surface area contributed by atoms with Gasteiger partial charge in [0.15, 0.2) is 0 Å². The number of hydrogen-bond donors (Lipinski definition) is 0. The van der Waals surface area contributed by atoms with E-state index in [4.69, 9.17) is 0 Å². The molecule has 0 aliphatic carbocycles. The third-order valence-electron chi connectivity index (χ3n) is 1.44. The molecule has 1 unspecified atom stereocenters. The molecule has 0 saturated heterocycles. The Bertz CT molecular complexity index is 142. The van der Waals surface area contributed by atoms with Crippen LogP contribution in [0.4, 0.5) is 17.6 Å². The van der Waals surface area contributed by atoms with Crippen molar-refractivity contribution in [3.05, 3.63) is 0 Å². The highest BCUT2D eigenvalue weighted by molar-refractivity contribution is 4.71. The van der Waals surface area contributed by atoms with E-state index in [2.05, 4.69) is 4.74 Å². The molecule has 0 rings (SSSR count). The Hall–Kier alpha value is -0.320. The Morgan fingerprint density at radius 2 is 1.62 bits per heavy atom. The number of hydrogen-bond acceptors (Lipinski definition) is 1. The van der Waals surface area contributed by atoms with Crippen molar-refractivity contribution >= 4 is 0 Å². The normalized spacial score (nSPS) is 17.1. The Morgan fingerprint density at radius 1 is 1.08 bits per heavy atom. The highest BCUT2D eigenvalue weighted by Crippen LogP contribution is 2.20. The second-order valence-corrected chi connectivity index (χ2v) is 3.27. The van der Waals surface area contributed by atoms with E-state index in [0.29, 0.717) is 6.42 Å². The lowest BCUT2D eigenvalue weighted by molar-refractivity contribution is -0.181. The van der Waals surface area contributed by atoms with Gasteiger partial charge >= 0.3 is 6.18 Å². The van der Waals surface area contributed by atoms with Crippen molar-refractivity contribution in [2.24, 2.45) is 0 Å². The highest BCUT2D eigenvalue weighted by atomic mass is 19.4. The Labute approximate surface area is 75.1 Å². The Morgan fingerprint density at radius 3 is 2.00 bits per heavy atom. The molecular weight excluding hydrogens is 188 g/mol. The van der Waals surface area contributed by atoms with Crippen LogP contribution >= 0.6 is 0 Å². The van der Waals surface area contributed by atoms with E-state index in [1.54, 1.807) is 6.92 Å². The fourth-order valence-corrected chi connectivity index (χ4v) is 0.973. The molecule has 0 saturated carbocycles. The molecule has 0 aliphatic heterocycles. The minimum absolute atomic E-state index is 0.213. The molecule has 5 heteroatoms. The average molecular weight is 202 g/mol.